The third kappa shape index (κ3) is 3.18. The van der Waals surface area contributed by atoms with Crippen LogP contribution in [0.25, 0.3) is 11.3 Å². The first-order valence-corrected chi connectivity index (χ1v) is 6.86. The lowest BCUT2D eigenvalue weighted by molar-refractivity contribution is 0.101. The first-order chi connectivity index (χ1) is 10.0. The summed E-state index contributed by atoms with van der Waals surface area (Å²) < 4.78 is 6.88. The van der Waals surface area contributed by atoms with Gasteiger partial charge in [-0.1, -0.05) is 19.1 Å². The van der Waals surface area contributed by atoms with Crippen molar-refractivity contribution >= 4 is 5.78 Å². The van der Waals surface area contributed by atoms with Crippen LogP contribution in [0.4, 0.5) is 0 Å². The Morgan fingerprint density at radius 2 is 2.05 bits per heavy atom. The minimum atomic E-state index is -0.391. The zero-order valence-electron chi connectivity index (χ0n) is 12.4. The summed E-state index contributed by atoms with van der Waals surface area (Å²) in [6, 6.07) is 8.99. The highest BCUT2D eigenvalue weighted by Crippen LogP contribution is 2.28. The molecule has 5 nitrogen and oxygen atoms in total. The third-order valence-electron chi connectivity index (χ3n) is 3.07. The Morgan fingerprint density at radius 3 is 2.71 bits per heavy atom. The van der Waals surface area contributed by atoms with E-state index >= 15 is 0 Å². The van der Waals surface area contributed by atoms with E-state index in [9.17, 15) is 9.59 Å². The van der Waals surface area contributed by atoms with Crippen molar-refractivity contribution in [2.45, 2.75) is 20.3 Å². The monoisotopic (exact) mass is 286 g/mol. The Bertz CT molecular complexity index is 720. The van der Waals surface area contributed by atoms with E-state index in [4.69, 9.17) is 4.74 Å². The van der Waals surface area contributed by atoms with Crippen molar-refractivity contribution in [2.75, 3.05) is 6.61 Å². The van der Waals surface area contributed by atoms with Crippen molar-refractivity contribution in [1.29, 1.82) is 0 Å². The van der Waals surface area contributed by atoms with Crippen molar-refractivity contribution in [3.05, 3.63) is 46.2 Å². The standard InChI is InChI=1S/C16H18N2O3/c1-4-9-21-15-8-6-5-7-12(15)14-10-13(11(2)19)16(20)18(3)17-14/h5-8,10H,4,9H2,1-3H3. The summed E-state index contributed by atoms with van der Waals surface area (Å²) in [7, 11) is 1.54. The molecular weight excluding hydrogens is 268 g/mol. The molecule has 5 heteroatoms. The maximum absolute atomic E-state index is 11.9. The van der Waals surface area contributed by atoms with Gasteiger partial charge in [0, 0.05) is 12.6 Å². The summed E-state index contributed by atoms with van der Waals surface area (Å²) in [4.78, 5) is 23.5. The summed E-state index contributed by atoms with van der Waals surface area (Å²) in [5, 5.41) is 4.23. The molecule has 2 rings (SSSR count). The normalized spacial score (nSPS) is 10.4. The molecule has 0 fully saturated rings. The molecule has 0 radical (unpaired) electrons. The van der Waals surface area contributed by atoms with Gasteiger partial charge in [0.15, 0.2) is 5.78 Å². The molecule has 0 saturated carbocycles. The molecule has 0 bridgehead atoms. The predicted octanol–water partition coefficient (Wildman–Crippen LogP) is 2.44. The Balaban J connectivity index is 2.57. The Hall–Kier alpha value is -2.43. The van der Waals surface area contributed by atoms with Crippen molar-refractivity contribution < 1.29 is 9.53 Å². The Morgan fingerprint density at radius 1 is 1.33 bits per heavy atom. The number of carbonyl (C=O) groups excluding carboxylic acids is 1. The van der Waals surface area contributed by atoms with Crippen LogP contribution in [0.1, 0.15) is 30.6 Å². The van der Waals surface area contributed by atoms with Gasteiger partial charge in [0.2, 0.25) is 0 Å². The van der Waals surface area contributed by atoms with Gasteiger partial charge in [-0.25, -0.2) is 4.68 Å². The number of ketones is 1. The Kier molecular flexibility index (Phi) is 4.52. The van der Waals surface area contributed by atoms with E-state index in [0.29, 0.717) is 18.1 Å². The molecule has 0 amide bonds. The fourth-order valence-corrected chi connectivity index (χ4v) is 2.01. The number of ether oxygens (including phenoxy) is 1. The van der Waals surface area contributed by atoms with Gasteiger partial charge in [-0.05, 0) is 31.5 Å². The van der Waals surface area contributed by atoms with Gasteiger partial charge in [-0.15, -0.1) is 0 Å². The fraction of sp³-hybridized carbons (Fsp3) is 0.312. The number of rotatable bonds is 5. The summed E-state index contributed by atoms with van der Waals surface area (Å²) in [5.74, 6) is 0.422. The molecule has 0 aliphatic rings. The molecule has 0 aliphatic carbocycles. The number of nitrogens with zero attached hydrogens (tertiary/aromatic N) is 2. The van der Waals surface area contributed by atoms with Crippen molar-refractivity contribution in [3.8, 4) is 17.0 Å². The highest BCUT2D eigenvalue weighted by Gasteiger charge is 2.14. The molecule has 0 saturated heterocycles. The summed E-state index contributed by atoms with van der Waals surface area (Å²) in [6.07, 6.45) is 0.897. The molecular formula is C16H18N2O3. The highest BCUT2D eigenvalue weighted by molar-refractivity contribution is 5.94. The van der Waals surface area contributed by atoms with Gasteiger partial charge in [-0.2, -0.15) is 5.10 Å². The molecule has 1 aromatic carbocycles. The second-order valence-corrected chi connectivity index (χ2v) is 4.77. The average Bonchev–Trinajstić information content (AvgIpc) is 2.47. The highest BCUT2D eigenvalue weighted by atomic mass is 16.5. The van der Waals surface area contributed by atoms with Crippen LogP contribution in [0.15, 0.2) is 35.1 Å². The number of carbonyl (C=O) groups is 1. The van der Waals surface area contributed by atoms with Crippen LogP contribution in [0, 0.1) is 0 Å². The topological polar surface area (TPSA) is 61.2 Å². The molecule has 0 aliphatic heterocycles. The largest absolute Gasteiger partial charge is 0.493 e. The van der Waals surface area contributed by atoms with Crippen LogP contribution in [0.2, 0.25) is 0 Å². The maximum Gasteiger partial charge on any atom is 0.277 e. The van der Waals surface area contributed by atoms with Gasteiger partial charge >= 0.3 is 0 Å². The number of para-hydroxylation sites is 1. The molecule has 0 unspecified atom stereocenters. The van der Waals surface area contributed by atoms with Gasteiger partial charge in [-0.3, -0.25) is 9.59 Å². The zero-order chi connectivity index (χ0) is 15.4. The summed E-state index contributed by atoms with van der Waals surface area (Å²) >= 11 is 0. The quantitative estimate of drug-likeness (QED) is 0.792. The molecule has 0 N–H and O–H groups in total. The van der Waals surface area contributed by atoms with E-state index in [1.54, 1.807) is 0 Å². The van der Waals surface area contributed by atoms with E-state index in [1.165, 1.54) is 24.7 Å². The van der Waals surface area contributed by atoms with Crippen molar-refractivity contribution in [2.24, 2.45) is 7.05 Å². The van der Waals surface area contributed by atoms with E-state index in [2.05, 4.69) is 5.10 Å². The summed E-state index contributed by atoms with van der Waals surface area (Å²) in [6.45, 7) is 4.00. The number of Topliss-reactive ketones (excluding diaryl/α,β-unsaturated/α-hetero) is 1. The lowest BCUT2D eigenvalue weighted by Gasteiger charge is -2.11. The number of aromatic nitrogens is 2. The first kappa shape index (κ1) is 15.0. The minimum Gasteiger partial charge on any atom is -0.493 e. The lowest BCUT2D eigenvalue weighted by Crippen LogP contribution is -2.25. The average molecular weight is 286 g/mol. The third-order valence-corrected chi connectivity index (χ3v) is 3.07. The summed E-state index contributed by atoms with van der Waals surface area (Å²) in [5.41, 5.74) is 1.06. The van der Waals surface area contributed by atoms with Crippen LogP contribution < -0.4 is 10.3 Å². The molecule has 2 aromatic rings. The van der Waals surface area contributed by atoms with Crippen LogP contribution >= 0.6 is 0 Å². The van der Waals surface area contributed by atoms with Gasteiger partial charge in [0.25, 0.3) is 5.56 Å². The lowest BCUT2D eigenvalue weighted by atomic mass is 10.1. The van der Waals surface area contributed by atoms with E-state index < -0.39 is 5.56 Å². The molecule has 0 spiro atoms. The second kappa shape index (κ2) is 6.35. The first-order valence-electron chi connectivity index (χ1n) is 6.86. The predicted molar refractivity (Wildman–Crippen MR) is 80.7 cm³/mol. The SMILES string of the molecule is CCCOc1ccccc1-c1cc(C(C)=O)c(=O)n(C)n1. The number of aryl methyl sites for hydroxylation is 1. The van der Waals surface area contributed by atoms with Gasteiger partial charge < -0.3 is 4.74 Å². The fourth-order valence-electron chi connectivity index (χ4n) is 2.01. The number of hydrogen-bond donors (Lipinski definition) is 0. The number of hydrogen-bond acceptors (Lipinski definition) is 4. The zero-order valence-corrected chi connectivity index (χ0v) is 12.4. The van der Waals surface area contributed by atoms with Crippen LogP contribution in [-0.4, -0.2) is 22.2 Å². The molecule has 110 valence electrons. The van der Waals surface area contributed by atoms with Crippen LogP contribution in [0.5, 0.6) is 5.75 Å². The van der Waals surface area contributed by atoms with Crippen molar-refractivity contribution in [3.63, 3.8) is 0 Å². The molecule has 1 heterocycles. The van der Waals surface area contributed by atoms with E-state index in [0.717, 1.165) is 12.0 Å². The number of benzene rings is 1. The second-order valence-electron chi connectivity index (χ2n) is 4.77. The van der Waals surface area contributed by atoms with Gasteiger partial charge in [0.05, 0.1) is 17.9 Å². The van der Waals surface area contributed by atoms with E-state index in [-0.39, 0.29) is 11.3 Å². The Labute approximate surface area is 123 Å². The smallest absolute Gasteiger partial charge is 0.277 e. The van der Waals surface area contributed by atoms with Crippen LogP contribution in [-0.2, 0) is 7.05 Å². The maximum atomic E-state index is 11.9. The molecule has 21 heavy (non-hydrogen) atoms. The minimum absolute atomic E-state index is 0.132. The van der Waals surface area contributed by atoms with Crippen molar-refractivity contribution in [1.82, 2.24) is 9.78 Å². The molecule has 1 aromatic heterocycles. The van der Waals surface area contributed by atoms with Crippen LogP contribution in [0.3, 0.4) is 0 Å². The van der Waals surface area contributed by atoms with E-state index in [1.807, 2.05) is 31.2 Å². The van der Waals surface area contributed by atoms with Gasteiger partial charge in [0.1, 0.15) is 5.75 Å². The molecule has 0 atom stereocenters.